The largest absolute Gasteiger partial charge is 0.354 e. The molecule has 2 aromatic rings. The predicted molar refractivity (Wildman–Crippen MR) is 108 cm³/mol. The Morgan fingerprint density at radius 3 is 2.85 bits per heavy atom. The number of hydrogen-bond donors (Lipinski definition) is 1. The van der Waals surface area contributed by atoms with E-state index in [0.29, 0.717) is 11.8 Å². The molecule has 0 saturated carbocycles. The smallest absolute Gasteiger partial charge is 0.234 e. The van der Waals surface area contributed by atoms with Crippen molar-refractivity contribution in [1.29, 1.82) is 0 Å². The van der Waals surface area contributed by atoms with Gasteiger partial charge in [-0.25, -0.2) is 9.97 Å². The normalized spacial score (nSPS) is 17.2. The summed E-state index contributed by atoms with van der Waals surface area (Å²) < 4.78 is 0. The molecule has 1 amide bonds. The maximum Gasteiger partial charge on any atom is 0.234 e. The highest BCUT2D eigenvalue weighted by Crippen LogP contribution is 2.25. The Morgan fingerprint density at radius 1 is 1.23 bits per heavy atom. The van der Waals surface area contributed by atoms with Crippen molar-refractivity contribution in [3.63, 3.8) is 0 Å². The summed E-state index contributed by atoms with van der Waals surface area (Å²) in [4.78, 5) is 23.3. The molecule has 26 heavy (non-hydrogen) atoms. The summed E-state index contributed by atoms with van der Waals surface area (Å²) in [7, 11) is 0. The predicted octanol–water partition coefficient (Wildman–Crippen LogP) is 4.20. The zero-order valence-corrected chi connectivity index (χ0v) is 16.5. The van der Waals surface area contributed by atoms with Crippen LogP contribution in [-0.4, -0.2) is 34.2 Å². The minimum absolute atomic E-state index is 0.0234. The van der Waals surface area contributed by atoms with Gasteiger partial charge in [-0.1, -0.05) is 17.8 Å². The summed E-state index contributed by atoms with van der Waals surface area (Å²) in [5.74, 6) is 1.27. The first kappa shape index (κ1) is 18.7. The fourth-order valence-electron chi connectivity index (χ4n) is 3.16. The molecule has 6 heteroatoms. The van der Waals surface area contributed by atoms with Crippen molar-refractivity contribution in [3.05, 3.63) is 41.7 Å². The third-order valence-electron chi connectivity index (χ3n) is 4.87. The number of piperidine rings is 1. The van der Waals surface area contributed by atoms with Crippen LogP contribution in [0.1, 0.15) is 37.3 Å². The van der Waals surface area contributed by atoms with E-state index in [9.17, 15) is 4.79 Å². The summed E-state index contributed by atoms with van der Waals surface area (Å²) in [6.45, 7) is 7.39. The Morgan fingerprint density at radius 2 is 2.08 bits per heavy atom. The summed E-state index contributed by atoms with van der Waals surface area (Å²) in [5.41, 5.74) is 3.23. The second-order valence-electron chi connectivity index (χ2n) is 6.89. The van der Waals surface area contributed by atoms with Gasteiger partial charge in [-0.3, -0.25) is 4.79 Å². The van der Waals surface area contributed by atoms with E-state index in [4.69, 9.17) is 0 Å². The van der Waals surface area contributed by atoms with E-state index < -0.39 is 0 Å². The second kappa shape index (κ2) is 8.54. The number of carbonyl (C=O) groups excluding carboxylic acids is 1. The number of aromatic nitrogens is 2. The van der Waals surface area contributed by atoms with Crippen LogP contribution in [0.5, 0.6) is 0 Å². The number of carbonyl (C=O) groups is 1. The highest BCUT2D eigenvalue weighted by Gasteiger charge is 2.20. The van der Waals surface area contributed by atoms with Crippen molar-refractivity contribution in [2.24, 2.45) is 0 Å². The maximum absolute atomic E-state index is 12.2. The fraction of sp³-hybridized carbons (Fsp3) is 0.450. The van der Waals surface area contributed by atoms with E-state index in [0.717, 1.165) is 23.1 Å². The van der Waals surface area contributed by atoms with Gasteiger partial charge in [0.2, 0.25) is 5.91 Å². The van der Waals surface area contributed by atoms with Gasteiger partial charge in [0.1, 0.15) is 17.2 Å². The molecule has 1 aliphatic heterocycles. The van der Waals surface area contributed by atoms with Gasteiger partial charge in [0, 0.05) is 24.3 Å². The zero-order valence-electron chi connectivity index (χ0n) is 15.7. The van der Waals surface area contributed by atoms with Crippen molar-refractivity contribution in [2.75, 3.05) is 22.5 Å². The first-order valence-electron chi connectivity index (χ1n) is 9.11. The van der Waals surface area contributed by atoms with Crippen LogP contribution in [0.15, 0.2) is 35.6 Å². The molecule has 2 heterocycles. The molecule has 0 spiro atoms. The van der Waals surface area contributed by atoms with Gasteiger partial charge in [0.05, 0.1) is 5.75 Å². The number of rotatable bonds is 5. The minimum atomic E-state index is -0.0234. The average Bonchev–Trinajstić information content (AvgIpc) is 2.64. The van der Waals surface area contributed by atoms with Crippen molar-refractivity contribution in [2.45, 2.75) is 51.1 Å². The van der Waals surface area contributed by atoms with Gasteiger partial charge in [-0.15, -0.1) is 0 Å². The summed E-state index contributed by atoms with van der Waals surface area (Å²) in [6.07, 6.45) is 5.28. The molecular formula is C20H26N4OS. The molecule has 0 radical (unpaired) electrons. The van der Waals surface area contributed by atoms with E-state index in [2.05, 4.69) is 34.0 Å². The highest BCUT2D eigenvalue weighted by atomic mass is 32.2. The summed E-state index contributed by atoms with van der Waals surface area (Å²) >= 11 is 1.44. The molecule has 0 unspecified atom stereocenters. The van der Waals surface area contributed by atoms with Gasteiger partial charge in [0.25, 0.3) is 0 Å². The number of amides is 1. The lowest BCUT2D eigenvalue weighted by Crippen LogP contribution is -2.38. The number of aryl methyl sites for hydroxylation is 2. The lowest BCUT2D eigenvalue weighted by Gasteiger charge is -2.34. The summed E-state index contributed by atoms with van der Waals surface area (Å²) in [6, 6.07) is 8.46. The van der Waals surface area contributed by atoms with Crippen molar-refractivity contribution in [1.82, 2.24) is 9.97 Å². The topological polar surface area (TPSA) is 58.1 Å². The second-order valence-corrected chi connectivity index (χ2v) is 7.88. The fourth-order valence-corrected chi connectivity index (χ4v) is 3.82. The van der Waals surface area contributed by atoms with Crippen molar-refractivity contribution in [3.8, 4) is 0 Å². The number of nitrogens with one attached hydrogen (secondary N) is 1. The molecule has 1 atom stereocenters. The first-order chi connectivity index (χ1) is 12.5. The van der Waals surface area contributed by atoms with E-state index in [1.54, 1.807) is 6.33 Å². The van der Waals surface area contributed by atoms with Crippen LogP contribution in [0.2, 0.25) is 0 Å². The lowest BCUT2D eigenvalue weighted by atomic mass is 10.0. The molecular weight excluding hydrogens is 344 g/mol. The van der Waals surface area contributed by atoms with Gasteiger partial charge in [0.15, 0.2) is 0 Å². The number of hydrogen-bond acceptors (Lipinski definition) is 5. The Bertz CT molecular complexity index is 780. The Labute approximate surface area is 159 Å². The molecule has 1 aliphatic rings. The molecule has 0 aliphatic carbocycles. The van der Waals surface area contributed by atoms with Crippen LogP contribution in [0.4, 0.5) is 11.5 Å². The average molecular weight is 371 g/mol. The molecule has 5 nitrogen and oxygen atoms in total. The van der Waals surface area contributed by atoms with E-state index in [1.807, 2.05) is 31.2 Å². The van der Waals surface area contributed by atoms with Crippen LogP contribution in [0.25, 0.3) is 0 Å². The minimum Gasteiger partial charge on any atom is -0.354 e. The molecule has 3 rings (SSSR count). The monoisotopic (exact) mass is 370 g/mol. The van der Waals surface area contributed by atoms with Gasteiger partial charge in [-0.05, 0) is 63.3 Å². The zero-order chi connectivity index (χ0) is 18.5. The van der Waals surface area contributed by atoms with Crippen molar-refractivity contribution >= 4 is 29.2 Å². The molecule has 0 bridgehead atoms. The summed E-state index contributed by atoms with van der Waals surface area (Å²) in [5, 5.41) is 3.79. The Balaban J connectivity index is 1.58. The SMILES string of the molecule is Cc1ccc(NC(=O)CSc2cc(N3CCCC[C@H]3C)ncn2)cc1C. The molecule has 1 aromatic heterocycles. The van der Waals surface area contributed by atoms with Gasteiger partial charge >= 0.3 is 0 Å². The van der Waals surface area contributed by atoms with Crippen LogP contribution in [-0.2, 0) is 4.79 Å². The van der Waals surface area contributed by atoms with E-state index >= 15 is 0 Å². The standard InChI is InChI=1S/C20H26N4OS/c1-14-7-8-17(10-15(14)2)23-19(25)12-26-20-11-18(21-13-22-20)24-9-5-4-6-16(24)3/h7-8,10-11,13,16H,4-6,9,12H2,1-3H3,(H,23,25)/t16-/m1/s1. The Kier molecular flexibility index (Phi) is 6.14. The number of thioether (sulfide) groups is 1. The van der Waals surface area contributed by atoms with Gasteiger partial charge in [-0.2, -0.15) is 0 Å². The Hall–Kier alpha value is -2.08. The molecule has 1 N–H and O–H groups in total. The molecule has 1 aromatic carbocycles. The first-order valence-corrected chi connectivity index (χ1v) is 10.1. The van der Waals surface area contributed by atoms with Crippen molar-refractivity contribution < 1.29 is 4.79 Å². The van der Waals surface area contributed by atoms with E-state index in [-0.39, 0.29) is 5.91 Å². The third-order valence-corrected chi connectivity index (χ3v) is 5.79. The van der Waals surface area contributed by atoms with Crippen LogP contribution in [0, 0.1) is 13.8 Å². The third kappa shape index (κ3) is 4.75. The lowest BCUT2D eigenvalue weighted by molar-refractivity contribution is -0.113. The number of anilines is 2. The maximum atomic E-state index is 12.2. The van der Waals surface area contributed by atoms with Crippen LogP contribution >= 0.6 is 11.8 Å². The number of nitrogens with zero attached hydrogens (tertiary/aromatic N) is 3. The van der Waals surface area contributed by atoms with Gasteiger partial charge < -0.3 is 10.2 Å². The quantitative estimate of drug-likeness (QED) is 0.631. The van der Waals surface area contributed by atoms with Crippen LogP contribution < -0.4 is 10.2 Å². The highest BCUT2D eigenvalue weighted by molar-refractivity contribution is 7.99. The molecule has 138 valence electrons. The number of benzene rings is 1. The molecule has 1 fully saturated rings. The van der Waals surface area contributed by atoms with E-state index in [1.165, 1.54) is 42.2 Å². The van der Waals surface area contributed by atoms with Crippen LogP contribution in [0.3, 0.4) is 0 Å². The molecule has 1 saturated heterocycles.